The number of hydrogen-bond acceptors (Lipinski definition) is 3. The number of aliphatic hydroxyl groups excluding tert-OH is 1. The summed E-state index contributed by atoms with van der Waals surface area (Å²) in [7, 11) is 0. The van der Waals surface area contributed by atoms with Gasteiger partial charge in [0, 0.05) is 23.7 Å². The van der Waals surface area contributed by atoms with Crippen LogP contribution in [0.2, 0.25) is 5.02 Å². The monoisotopic (exact) mass is 355 g/mol. The van der Waals surface area contributed by atoms with E-state index in [9.17, 15) is 5.11 Å². The molecule has 130 valence electrons. The Morgan fingerprint density at radius 1 is 1.04 bits per heavy atom. The summed E-state index contributed by atoms with van der Waals surface area (Å²) < 4.78 is 6.08. The SMILES string of the molecule is C[C@H](O)CNCc1c(OCc2ccc(Cl)cc2)ccc2ccccc12. The molecule has 0 amide bonds. The Labute approximate surface area is 153 Å². The van der Waals surface area contributed by atoms with Gasteiger partial charge in [0.2, 0.25) is 0 Å². The van der Waals surface area contributed by atoms with Crippen LogP contribution in [0.1, 0.15) is 18.1 Å². The smallest absolute Gasteiger partial charge is 0.124 e. The fraction of sp³-hybridized carbons (Fsp3) is 0.238. The second-order valence-electron chi connectivity index (χ2n) is 6.16. The minimum atomic E-state index is -0.381. The molecule has 3 rings (SSSR count). The molecule has 1 atom stereocenters. The Morgan fingerprint density at radius 2 is 1.80 bits per heavy atom. The third-order valence-corrected chi connectivity index (χ3v) is 4.30. The fourth-order valence-corrected chi connectivity index (χ4v) is 2.91. The van der Waals surface area contributed by atoms with Gasteiger partial charge in [-0.05, 0) is 41.5 Å². The van der Waals surface area contributed by atoms with Crippen molar-refractivity contribution in [3.05, 3.63) is 76.8 Å². The largest absolute Gasteiger partial charge is 0.489 e. The van der Waals surface area contributed by atoms with Crippen LogP contribution >= 0.6 is 11.6 Å². The van der Waals surface area contributed by atoms with E-state index in [-0.39, 0.29) is 6.10 Å². The van der Waals surface area contributed by atoms with E-state index in [1.54, 1.807) is 6.92 Å². The van der Waals surface area contributed by atoms with Gasteiger partial charge in [-0.2, -0.15) is 0 Å². The summed E-state index contributed by atoms with van der Waals surface area (Å²) in [6.07, 6.45) is -0.381. The maximum Gasteiger partial charge on any atom is 0.124 e. The summed E-state index contributed by atoms with van der Waals surface area (Å²) in [4.78, 5) is 0. The molecule has 0 aliphatic rings. The van der Waals surface area contributed by atoms with Crippen molar-refractivity contribution >= 4 is 22.4 Å². The van der Waals surface area contributed by atoms with E-state index in [0.717, 1.165) is 27.3 Å². The molecule has 0 unspecified atom stereocenters. The molecule has 4 heteroatoms. The van der Waals surface area contributed by atoms with Crippen molar-refractivity contribution in [3.8, 4) is 5.75 Å². The van der Waals surface area contributed by atoms with E-state index in [2.05, 4.69) is 23.5 Å². The number of rotatable bonds is 7. The van der Waals surface area contributed by atoms with Gasteiger partial charge in [0.1, 0.15) is 12.4 Å². The molecule has 0 saturated carbocycles. The van der Waals surface area contributed by atoms with Gasteiger partial charge in [0.15, 0.2) is 0 Å². The third kappa shape index (κ3) is 4.73. The van der Waals surface area contributed by atoms with Crippen LogP contribution in [0.3, 0.4) is 0 Å². The fourth-order valence-electron chi connectivity index (χ4n) is 2.78. The molecule has 0 spiro atoms. The molecule has 0 fully saturated rings. The van der Waals surface area contributed by atoms with Gasteiger partial charge in [0.05, 0.1) is 6.10 Å². The highest BCUT2D eigenvalue weighted by Gasteiger charge is 2.09. The lowest BCUT2D eigenvalue weighted by Gasteiger charge is -2.16. The number of halogens is 1. The molecule has 0 aliphatic heterocycles. The number of hydrogen-bond donors (Lipinski definition) is 2. The lowest BCUT2D eigenvalue weighted by Crippen LogP contribution is -2.24. The lowest BCUT2D eigenvalue weighted by atomic mass is 10.0. The lowest BCUT2D eigenvalue weighted by molar-refractivity contribution is 0.190. The Morgan fingerprint density at radius 3 is 2.56 bits per heavy atom. The van der Waals surface area contributed by atoms with Crippen molar-refractivity contribution in [3.63, 3.8) is 0 Å². The van der Waals surface area contributed by atoms with E-state index >= 15 is 0 Å². The average Bonchev–Trinajstić information content (AvgIpc) is 2.62. The van der Waals surface area contributed by atoms with Crippen molar-refractivity contribution in [2.45, 2.75) is 26.2 Å². The molecule has 0 saturated heterocycles. The van der Waals surface area contributed by atoms with Crippen LogP contribution in [-0.4, -0.2) is 17.8 Å². The van der Waals surface area contributed by atoms with E-state index in [0.29, 0.717) is 19.7 Å². The second-order valence-corrected chi connectivity index (χ2v) is 6.59. The van der Waals surface area contributed by atoms with Crippen molar-refractivity contribution in [2.75, 3.05) is 6.54 Å². The first kappa shape index (κ1) is 17.7. The summed E-state index contributed by atoms with van der Waals surface area (Å²) in [6.45, 7) is 3.44. The molecule has 3 nitrogen and oxygen atoms in total. The predicted octanol–water partition coefficient (Wildman–Crippen LogP) is 4.54. The number of fused-ring (bicyclic) bond motifs is 1. The summed E-state index contributed by atoms with van der Waals surface area (Å²) >= 11 is 5.93. The van der Waals surface area contributed by atoms with Gasteiger partial charge in [-0.1, -0.05) is 54.1 Å². The van der Waals surface area contributed by atoms with Gasteiger partial charge >= 0.3 is 0 Å². The van der Waals surface area contributed by atoms with Gasteiger partial charge in [0.25, 0.3) is 0 Å². The summed E-state index contributed by atoms with van der Waals surface area (Å²) in [5, 5.41) is 15.8. The average molecular weight is 356 g/mol. The van der Waals surface area contributed by atoms with Crippen molar-refractivity contribution in [1.82, 2.24) is 5.32 Å². The molecule has 0 heterocycles. The van der Waals surface area contributed by atoms with Crippen LogP contribution < -0.4 is 10.1 Å². The second kappa shape index (κ2) is 8.34. The minimum absolute atomic E-state index is 0.381. The highest BCUT2D eigenvalue weighted by Crippen LogP contribution is 2.29. The summed E-state index contributed by atoms with van der Waals surface area (Å²) in [6, 6.07) is 20.0. The molecular weight excluding hydrogens is 334 g/mol. The topological polar surface area (TPSA) is 41.5 Å². The summed E-state index contributed by atoms with van der Waals surface area (Å²) in [5.74, 6) is 0.853. The molecule has 0 aliphatic carbocycles. The van der Waals surface area contributed by atoms with Crippen molar-refractivity contribution < 1.29 is 9.84 Å². The maximum absolute atomic E-state index is 9.48. The molecule has 2 N–H and O–H groups in total. The first-order valence-electron chi connectivity index (χ1n) is 8.40. The van der Waals surface area contributed by atoms with Gasteiger partial charge in [-0.3, -0.25) is 0 Å². The molecule has 0 bridgehead atoms. The highest BCUT2D eigenvalue weighted by atomic mass is 35.5. The number of aliphatic hydroxyl groups is 1. The third-order valence-electron chi connectivity index (χ3n) is 4.05. The van der Waals surface area contributed by atoms with Crippen LogP contribution in [0.5, 0.6) is 5.75 Å². The first-order valence-corrected chi connectivity index (χ1v) is 8.78. The van der Waals surface area contributed by atoms with E-state index in [1.165, 1.54) is 5.39 Å². The molecule has 0 aromatic heterocycles. The van der Waals surface area contributed by atoms with Crippen LogP contribution in [0.25, 0.3) is 10.8 Å². The molecule has 25 heavy (non-hydrogen) atoms. The van der Waals surface area contributed by atoms with E-state index in [1.807, 2.05) is 42.5 Å². The van der Waals surface area contributed by atoms with E-state index < -0.39 is 0 Å². The van der Waals surface area contributed by atoms with E-state index in [4.69, 9.17) is 16.3 Å². The molecule has 3 aromatic rings. The predicted molar refractivity (Wildman–Crippen MR) is 103 cm³/mol. The van der Waals surface area contributed by atoms with Crippen molar-refractivity contribution in [1.29, 1.82) is 0 Å². The zero-order valence-electron chi connectivity index (χ0n) is 14.2. The van der Waals surface area contributed by atoms with Gasteiger partial charge < -0.3 is 15.2 Å². The Hall–Kier alpha value is -2.07. The Kier molecular flexibility index (Phi) is 5.92. The molecule has 3 aromatic carbocycles. The van der Waals surface area contributed by atoms with Crippen LogP contribution in [0.15, 0.2) is 60.7 Å². The number of ether oxygens (including phenoxy) is 1. The van der Waals surface area contributed by atoms with Gasteiger partial charge in [-0.25, -0.2) is 0 Å². The first-order chi connectivity index (χ1) is 12.1. The van der Waals surface area contributed by atoms with Gasteiger partial charge in [-0.15, -0.1) is 0 Å². The highest BCUT2D eigenvalue weighted by molar-refractivity contribution is 6.30. The van der Waals surface area contributed by atoms with Crippen LogP contribution in [0, 0.1) is 0 Å². The number of benzene rings is 3. The Bertz CT molecular complexity index is 831. The normalized spacial score (nSPS) is 12.3. The summed E-state index contributed by atoms with van der Waals surface area (Å²) in [5.41, 5.74) is 2.17. The minimum Gasteiger partial charge on any atom is -0.489 e. The quantitative estimate of drug-likeness (QED) is 0.653. The molecule has 0 radical (unpaired) electrons. The Balaban J connectivity index is 1.83. The molecular formula is C21H22ClNO2. The maximum atomic E-state index is 9.48. The number of nitrogens with one attached hydrogen (secondary N) is 1. The standard InChI is InChI=1S/C21H22ClNO2/c1-15(24)12-23-13-20-19-5-3-2-4-17(19)8-11-21(20)25-14-16-6-9-18(22)10-7-16/h2-11,15,23-24H,12-14H2,1H3/t15-/m0/s1. The van der Waals surface area contributed by atoms with Crippen LogP contribution in [0.4, 0.5) is 0 Å². The van der Waals surface area contributed by atoms with Crippen molar-refractivity contribution in [2.24, 2.45) is 0 Å². The van der Waals surface area contributed by atoms with Crippen LogP contribution in [-0.2, 0) is 13.2 Å². The zero-order chi connectivity index (χ0) is 17.6. The zero-order valence-corrected chi connectivity index (χ0v) is 15.0.